The summed E-state index contributed by atoms with van der Waals surface area (Å²) in [6, 6.07) is 8.63. The molecule has 92 valence electrons. The molecule has 1 aliphatic heterocycles. The summed E-state index contributed by atoms with van der Waals surface area (Å²) in [5, 5.41) is 21.3. The number of aliphatic carboxylic acids is 1. The molecule has 5 heteroatoms. The van der Waals surface area contributed by atoms with Gasteiger partial charge in [0.25, 0.3) is 0 Å². The minimum Gasteiger partial charge on any atom is -0.480 e. The van der Waals surface area contributed by atoms with Crippen LogP contribution in [-0.4, -0.2) is 41.0 Å². The van der Waals surface area contributed by atoms with Crippen molar-refractivity contribution < 1.29 is 19.7 Å². The molecule has 3 N–H and O–H groups in total. The molecule has 1 heterocycles. The molecule has 0 amide bonds. The molecule has 1 fully saturated rings. The zero-order chi connectivity index (χ0) is 12.3. The molecule has 3 atom stereocenters. The topological polar surface area (TPSA) is 78.8 Å². The van der Waals surface area contributed by atoms with Gasteiger partial charge in [-0.25, -0.2) is 0 Å². The smallest absolute Gasteiger partial charge is 0.323 e. The molecule has 1 aromatic rings. The van der Waals surface area contributed by atoms with E-state index in [-0.39, 0.29) is 0 Å². The van der Waals surface area contributed by atoms with Crippen molar-refractivity contribution in [3.8, 4) is 0 Å². The molecule has 1 aromatic carbocycles. The van der Waals surface area contributed by atoms with Crippen molar-refractivity contribution in [3.63, 3.8) is 0 Å². The van der Waals surface area contributed by atoms with E-state index in [1.54, 1.807) is 0 Å². The van der Waals surface area contributed by atoms with Crippen molar-refractivity contribution in [2.75, 3.05) is 6.54 Å². The fourth-order valence-corrected chi connectivity index (χ4v) is 1.87. The number of aliphatic hydroxyl groups excluding tert-OH is 1. The van der Waals surface area contributed by atoms with Gasteiger partial charge in [-0.3, -0.25) is 10.1 Å². The Morgan fingerprint density at radius 1 is 1.41 bits per heavy atom. The maximum atomic E-state index is 10.8. The van der Waals surface area contributed by atoms with Crippen molar-refractivity contribution in [3.05, 3.63) is 35.9 Å². The maximum Gasteiger partial charge on any atom is 0.323 e. The van der Waals surface area contributed by atoms with E-state index in [1.165, 1.54) is 0 Å². The number of hydrogen-bond donors (Lipinski definition) is 3. The Kier molecular flexibility index (Phi) is 3.73. The Bertz CT molecular complexity index is 381. The molecular weight excluding hydrogens is 222 g/mol. The zero-order valence-electron chi connectivity index (χ0n) is 9.24. The summed E-state index contributed by atoms with van der Waals surface area (Å²) in [4.78, 5) is 10.8. The molecular formula is C12H15NO4. The van der Waals surface area contributed by atoms with Gasteiger partial charge in [-0.05, 0) is 5.56 Å². The molecule has 0 radical (unpaired) electrons. The number of nitrogens with one attached hydrogen (secondary N) is 1. The number of aliphatic hydroxyl groups is 1. The second-order valence-corrected chi connectivity index (χ2v) is 4.05. The van der Waals surface area contributed by atoms with E-state index < -0.39 is 24.2 Å². The number of carboxylic acid groups (broad SMARTS) is 1. The van der Waals surface area contributed by atoms with Crippen LogP contribution in [0.5, 0.6) is 0 Å². The van der Waals surface area contributed by atoms with Crippen LogP contribution in [0.4, 0.5) is 0 Å². The van der Waals surface area contributed by atoms with Crippen LogP contribution in [0, 0.1) is 0 Å². The Morgan fingerprint density at radius 3 is 2.71 bits per heavy atom. The number of hydrogen-bond acceptors (Lipinski definition) is 4. The average molecular weight is 237 g/mol. The Hall–Kier alpha value is -1.43. The lowest BCUT2D eigenvalue weighted by Crippen LogP contribution is -2.40. The summed E-state index contributed by atoms with van der Waals surface area (Å²) in [6.45, 7) is 0.724. The molecule has 5 nitrogen and oxygen atoms in total. The van der Waals surface area contributed by atoms with Gasteiger partial charge in [-0.15, -0.1) is 0 Å². The second kappa shape index (κ2) is 5.27. The van der Waals surface area contributed by atoms with Crippen molar-refractivity contribution >= 4 is 5.97 Å². The Labute approximate surface area is 99.0 Å². The van der Waals surface area contributed by atoms with Gasteiger partial charge >= 0.3 is 5.97 Å². The molecule has 0 saturated carbocycles. The first-order valence-corrected chi connectivity index (χ1v) is 5.48. The molecule has 0 aromatic heterocycles. The fourth-order valence-electron chi connectivity index (χ4n) is 1.87. The second-order valence-electron chi connectivity index (χ2n) is 4.05. The number of ether oxygens (including phenoxy) is 1. The average Bonchev–Trinajstić information content (AvgIpc) is 2.69. The third-order valence-electron chi connectivity index (χ3n) is 2.83. The van der Waals surface area contributed by atoms with Crippen LogP contribution in [0.15, 0.2) is 30.3 Å². The zero-order valence-corrected chi connectivity index (χ0v) is 9.24. The number of benzene rings is 1. The lowest BCUT2D eigenvalue weighted by molar-refractivity contribution is -0.142. The van der Waals surface area contributed by atoms with Crippen LogP contribution in [0.3, 0.4) is 0 Å². The quantitative estimate of drug-likeness (QED) is 0.686. The van der Waals surface area contributed by atoms with E-state index in [2.05, 4.69) is 5.32 Å². The van der Waals surface area contributed by atoms with E-state index in [0.717, 1.165) is 5.56 Å². The van der Waals surface area contributed by atoms with Gasteiger partial charge in [0, 0.05) is 6.54 Å². The van der Waals surface area contributed by atoms with Gasteiger partial charge < -0.3 is 14.9 Å². The predicted octanol–water partition coefficient (Wildman–Crippen LogP) is -0.0109. The fraction of sp³-hybridized carbons (Fsp3) is 0.417. The van der Waals surface area contributed by atoms with Crippen LogP contribution >= 0.6 is 0 Å². The third-order valence-corrected chi connectivity index (χ3v) is 2.83. The maximum absolute atomic E-state index is 10.8. The first kappa shape index (κ1) is 12.0. The summed E-state index contributed by atoms with van der Waals surface area (Å²) < 4.78 is 5.51. The van der Waals surface area contributed by atoms with Gasteiger partial charge in [0.2, 0.25) is 0 Å². The summed E-state index contributed by atoms with van der Waals surface area (Å²) in [7, 11) is 0. The first-order chi connectivity index (χ1) is 8.18. The molecule has 0 bridgehead atoms. The molecule has 0 spiro atoms. The first-order valence-electron chi connectivity index (χ1n) is 5.48. The van der Waals surface area contributed by atoms with Crippen LogP contribution in [0.25, 0.3) is 0 Å². The van der Waals surface area contributed by atoms with E-state index in [9.17, 15) is 9.90 Å². The van der Waals surface area contributed by atoms with Crippen LogP contribution in [0.1, 0.15) is 5.56 Å². The highest BCUT2D eigenvalue weighted by Gasteiger charge is 2.39. The normalized spacial score (nSPS) is 28.2. The van der Waals surface area contributed by atoms with Crippen LogP contribution in [-0.2, 0) is 16.1 Å². The van der Waals surface area contributed by atoms with E-state index in [1.807, 2.05) is 30.3 Å². The molecule has 1 saturated heterocycles. The number of rotatable bonds is 4. The minimum atomic E-state index is -1.05. The molecule has 17 heavy (non-hydrogen) atoms. The van der Waals surface area contributed by atoms with E-state index in [4.69, 9.17) is 9.84 Å². The summed E-state index contributed by atoms with van der Waals surface area (Å²) >= 11 is 0. The Balaban J connectivity index is 1.87. The van der Waals surface area contributed by atoms with Crippen LogP contribution < -0.4 is 5.32 Å². The van der Waals surface area contributed by atoms with Gasteiger partial charge in [0.05, 0.1) is 12.7 Å². The van der Waals surface area contributed by atoms with E-state index >= 15 is 0 Å². The van der Waals surface area contributed by atoms with Gasteiger partial charge in [0.1, 0.15) is 12.1 Å². The minimum absolute atomic E-state index is 0.352. The van der Waals surface area contributed by atoms with Crippen molar-refractivity contribution in [2.24, 2.45) is 0 Å². The highest BCUT2D eigenvalue weighted by Crippen LogP contribution is 2.14. The third kappa shape index (κ3) is 2.82. The Morgan fingerprint density at radius 2 is 2.12 bits per heavy atom. The summed E-state index contributed by atoms with van der Waals surface area (Å²) in [5.74, 6) is -1.05. The van der Waals surface area contributed by atoms with Gasteiger partial charge in [-0.1, -0.05) is 30.3 Å². The summed E-state index contributed by atoms with van der Waals surface area (Å²) in [5.41, 5.74) is 0.999. The largest absolute Gasteiger partial charge is 0.480 e. The lowest BCUT2D eigenvalue weighted by atomic mass is 10.1. The molecule has 2 rings (SSSR count). The highest BCUT2D eigenvalue weighted by molar-refractivity contribution is 5.74. The van der Waals surface area contributed by atoms with Gasteiger partial charge in [-0.2, -0.15) is 0 Å². The number of carboxylic acids is 1. The van der Waals surface area contributed by atoms with Crippen molar-refractivity contribution in [1.29, 1.82) is 0 Å². The van der Waals surface area contributed by atoms with Crippen LogP contribution in [0.2, 0.25) is 0 Å². The molecule has 0 aliphatic carbocycles. The van der Waals surface area contributed by atoms with E-state index in [0.29, 0.717) is 13.2 Å². The monoisotopic (exact) mass is 237 g/mol. The van der Waals surface area contributed by atoms with Crippen molar-refractivity contribution in [1.82, 2.24) is 5.32 Å². The highest BCUT2D eigenvalue weighted by atomic mass is 16.5. The summed E-state index contributed by atoms with van der Waals surface area (Å²) in [6.07, 6.45) is -1.48. The standard InChI is InChI=1S/C12H15NO4/c14-11-9(6-13-10(11)12(15)16)17-7-8-4-2-1-3-5-8/h1-5,9-11,13-14H,6-7H2,(H,15,16). The number of carbonyl (C=O) groups is 1. The van der Waals surface area contributed by atoms with Gasteiger partial charge in [0.15, 0.2) is 0 Å². The van der Waals surface area contributed by atoms with Crippen molar-refractivity contribution in [2.45, 2.75) is 24.9 Å². The predicted molar refractivity (Wildman–Crippen MR) is 60.5 cm³/mol. The molecule has 1 aliphatic rings. The SMILES string of the molecule is O=C(O)C1NCC(OCc2ccccc2)C1O. The molecule has 3 unspecified atom stereocenters. The lowest BCUT2D eigenvalue weighted by Gasteiger charge is -2.16.